The monoisotopic (exact) mass is 272 g/mol. The minimum absolute atomic E-state index is 0.643. The molecule has 104 valence electrons. The smallest absolute Gasteiger partial charge is 0.101 e. The lowest BCUT2D eigenvalue weighted by Crippen LogP contribution is -2.47. The Labute approximate surface area is 116 Å². The van der Waals surface area contributed by atoms with Crippen LogP contribution in [0.5, 0.6) is 0 Å². The summed E-state index contributed by atoms with van der Waals surface area (Å²) in [5.41, 5.74) is 15.0. The normalized spacial score (nSPS) is 29.0. The number of rotatable bonds is 1. The fourth-order valence-electron chi connectivity index (χ4n) is 2.57. The van der Waals surface area contributed by atoms with E-state index in [4.69, 9.17) is 11.5 Å². The third-order valence-electron chi connectivity index (χ3n) is 3.75. The SMILES string of the molecule is N[C@@H]1c2ccc(-c3cnccn3)cc2[C@H](N)[C@@H](O)[C@H]1O. The summed E-state index contributed by atoms with van der Waals surface area (Å²) >= 11 is 0. The number of aliphatic hydroxyl groups excluding tert-OH is 2. The van der Waals surface area contributed by atoms with Gasteiger partial charge in [-0.2, -0.15) is 0 Å². The summed E-state index contributed by atoms with van der Waals surface area (Å²) in [6.45, 7) is 0. The molecule has 1 aliphatic rings. The molecule has 0 aliphatic heterocycles. The Kier molecular flexibility index (Phi) is 3.23. The van der Waals surface area contributed by atoms with Gasteiger partial charge in [-0.1, -0.05) is 12.1 Å². The van der Waals surface area contributed by atoms with Crippen molar-refractivity contribution in [2.24, 2.45) is 11.5 Å². The van der Waals surface area contributed by atoms with Gasteiger partial charge in [0.25, 0.3) is 0 Å². The van der Waals surface area contributed by atoms with E-state index in [1.807, 2.05) is 18.2 Å². The number of nitrogens with two attached hydrogens (primary N) is 2. The maximum Gasteiger partial charge on any atom is 0.101 e. The van der Waals surface area contributed by atoms with Gasteiger partial charge in [-0.05, 0) is 17.2 Å². The van der Waals surface area contributed by atoms with Crippen LogP contribution in [0.2, 0.25) is 0 Å². The molecule has 6 nitrogen and oxygen atoms in total. The van der Waals surface area contributed by atoms with Crippen molar-refractivity contribution in [3.05, 3.63) is 47.9 Å². The zero-order chi connectivity index (χ0) is 14.3. The molecule has 0 bridgehead atoms. The van der Waals surface area contributed by atoms with E-state index in [-0.39, 0.29) is 0 Å². The van der Waals surface area contributed by atoms with Crippen molar-refractivity contribution >= 4 is 0 Å². The highest BCUT2D eigenvalue weighted by Gasteiger charge is 2.37. The minimum Gasteiger partial charge on any atom is -0.388 e. The van der Waals surface area contributed by atoms with Crippen LogP contribution in [-0.4, -0.2) is 32.4 Å². The second-order valence-electron chi connectivity index (χ2n) is 4.97. The van der Waals surface area contributed by atoms with Crippen molar-refractivity contribution in [1.29, 1.82) is 0 Å². The van der Waals surface area contributed by atoms with Crippen molar-refractivity contribution in [2.75, 3.05) is 0 Å². The fraction of sp³-hybridized carbons (Fsp3) is 0.286. The van der Waals surface area contributed by atoms with Crippen molar-refractivity contribution in [3.63, 3.8) is 0 Å². The molecule has 3 rings (SSSR count). The van der Waals surface area contributed by atoms with Gasteiger partial charge in [0.15, 0.2) is 0 Å². The Morgan fingerprint density at radius 1 is 0.950 bits per heavy atom. The quantitative estimate of drug-likeness (QED) is 0.574. The lowest BCUT2D eigenvalue weighted by atomic mass is 9.80. The molecule has 6 N–H and O–H groups in total. The van der Waals surface area contributed by atoms with Gasteiger partial charge in [0.1, 0.15) is 12.2 Å². The topological polar surface area (TPSA) is 118 Å². The Morgan fingerprint density at radius 2 is 1.65 bits per heavy atom. The van der Waals surface area contributed by atoms with Crippen LogP contribution in [0.15, 0.2) is 36.8 Å². The zero-order valence-corrected chi connectivity index (χ0v) is 10.7. The van der Waals surface area contributed by atoms with Crippen LogP contribution in [0.25, 0.3) is 11.3 Å². The Morgan fingerprint density at radius 3 is 2.30 bits per heavy atom. The van der Waals surface area contributed by atoms with E-state index in [1.165, 1.54) is 0 Å². The Hall–Kier alpha value is -1.86. The molecule has 0 unspecified atom stereocenters. The fourth-order valence-corrected chi connectivity index (χ4v) is 2.57. The number of benzene rings is 1. The molecule has 0 saturated heterocycles. The Bertz CT molecular complexity index is 620. The summed E-state index contributed by atoms with van der Waals surface area (Å²) < 4.78 is 0. The molecule has 2 aromatic rings. The molecule has 4 atom stereocenters. The first-order valence-corrected chi connectivity index (χ1v) is 6.37. The summed E-state index contributed by atoms with van der Waals surface area (Å²) in [6, 6.07) is 4.21. The van der Waals surface area contributed by atoms with E-state index in [9.17, 15) is 10.2 Å². The van der Waals surface area contributed by atoms with E-state index < -0.39 is 24.3 Å². The van der Waals surface area contributed by atoms with Crippen molar-refractivity contribution in [2.45, 2.75) is 24.3 Å². The maximum absolute atomic E-state index is 9.94. The highest BCUT2D eigenvalue weighted by atomic mass is 16.3. The first-order valence-electron chi connectivity index (χ1n) is 6.37. The van der Waals surface area contributed by atoms with Crippen LogP contribution in [0.3, 0.4) is 0 Å². The van der Waals surface area contributed by atoms with Gasteiger partial charge in [0.2, 0.25) is 0 Å². The molecule has 0 fully saturated rings. The summed E-state index contributed by atoms with van der Waals surface area (Å²) in [5, 5.41) is 19.8. The predicted molar refractivity (Wildman–Crippen MR) is 73.3 cm³/mol. The molecule has 0 saturated carbocycles. The average Bonchev–Trinajstić information content (AvgIpc) is 2.51. The number of aromatic nitrogens is 2. The summed E-state index contributed by atoms with van der Waals surface area (Å²) in [6.07, 6.45) is 2.73. The van der Waals surface area contributed by atoms with E-state index >= 15 is 0 Å². The molecule has 0 amide bonds. The number of hydrogen-bond donors (Lipinski definition) is 4. The van der Waals surface area contributed by atoms with Crippen LogP contribution in [0, 0.1) is 0 Å². The number of fused-ring (bicyclic) bond motifs is 1. The van der Waals surface area contributed by atoms with Crippen molar-refractivity contribution < 1.29 is 10.2 Å². The summed E-state index contributed by atoms with van der Waals surface area (Å²) in [7, 11) is 0. The lowest BCUT2D eigenvalue weighted by Gasteiger charge is -2.36. The maximum atomic E-state index is 9.94. The molecule has 1 aliphatic carbocycles. The first-order chi connectivity index (χ1) is 9.59. The van der Waals surface area contributed by atoms with E-state index in [2.05, 4.69) is 9.97 Å². The highest BCUT2D eigenvalue weighted by molar-refractivity contribution is 5.61. The standard InChI is InChI=1S/C14H16N4O2/c15-11-8-2-1-7(10-6-17-3-4-18-10)5-9(8)12(16)14(20)13(11)19/h1-6,11-14,19-20H,15-16H2/t11-,12+,13+,14-/m1/s1. The zero-order valence-electron chi connectivity index (χ0n) is 10.7. The molecule has 0 radical (unpaired) electrons. The summed E-state index contributed by atoms with van der Waals surface area (Å²) in [5.74, 6) is 0. The van der Waals surface area contributed by atoms with E-state index in [0.717, 1.165) is 22.4 Å². The lowest BCUT2D eigenvalue weighted by molar-refractivity contribution is -0.0196. The van der Waals surface area contributed by atoms with Crippen LogP contribution in [0.1, 0.15) is 23.2 Å². The molecule has 1 aromatic heterocycles. The molecule has 20 heavy (non-hydrogen) atoms. The molecule has 1 aromatic carbocycles. The van der Waals surface area contributed by atoms with Gasteiger partial charge in [0.05, 0.1) is 24.0 Å². The van der Waals surface area contributed by atoms with Gasteiger partial charge < -0.3 is 21.7 Å². The second kappa shape index (κ2) is 4.92. The minimum atomic E-state index is -1.07. The third-order valence-corrected chi connectivity index (χ3v) is 3.75. The predicted octanol–water partition coefficient (Wildman–Crippen LogP) is -0.121. The van der Waals surface area contributed by atoms with E-state index in [0.29, 0.717) is 0 Å². The number of nitrogens with zero attached hydrogens (tertiary/aromatic N) is 2. The largest absolute Gasteiger partial charge is 0.388 e. The molecule has 1 heterocycles. The van der Waals surface area contributed by atoms with Gasteiger partial charge in [-0.15, -0.1) is 0 Å². The van der Waals surface area contributed by atoms with Crippen LogP contribution in [0.4, 0.5) is 0 Å². The first kappa shape index (κ1) is 13.1. The third kappa shape index (κ3) is 1.99. The average molecular weight is 272 g/mol. The highest BCUT2D eigenvalue weighted by Crippen LogP contribution is 2.36. The van der Waals surface area contributed by atoms with Gasteiger partial charge in [-0.3, -0.25) is 9.97 Å². The van der Waals surface area contributed by atoms with Gasteiger partial charge in [-0.25, -0.2) is 0 Å². The van der Waals surface area contributed by atoms with Gasteiger partial charge >= 0.3 is 0 Å². The summed E-state index contributed by atoms with van der Waals surface area (Å²) in [4.78, 5) is 8.26. The second-order valence-corrected chi connectivity index (χ2v) is 4.97. The van der Waals surface area contributed by atoms with Crippen molar-refractivity contribution in [3.8, 4) is 11.3 Å². The van der Waals surface area contributed by atoms with E-state index in [1.54, 1.807) is 18.6 Å². The molecular formula is C14H16N4O2. The molecule has 6 heteroatoms. The molecular weight excluding hydrogens is 256 g/mol. The number of hydrogen-bond acceptors (Lipinski definition) is 6. The van der Waals surface area contributed by atoms with Crippen molar-refractivity contribution in [1.82, 2.24) is 9.97 Å². The van der Waals surface area contributed by atoms with Gasteiger partial charge in [0, 0.05) is 18.0 Å². The molecule has 0 spiro atoms. The van der Waals surface area contributed by atoms with Crippen LogP contribution < -0.4 is 11.5 Å². The Balaban J connectivity index is 2.09. The van der Waals surface area contributed by atoms with Crippen LogP contribution >= 0.6 is 0 Å². The number of aliphatic hydroxyl groups is 2. The van der Waals surface area contributed by atoms with Crippen LogP contribution in [-0.2, 0) is 0 Å².